The van der Waals surface area contributed by atoms with Gasteiger partial charge in [-0.3, -0.25) is 9.69 Å². The molecule has 0 saturated carbocycles. The summed E-state index contributed by atoms with van der Waals surface area (Å²) in [5.74, 6) is 0.140. The fourth-order valence-electron chi connectivity index (χ4n) is 2.38. The van der Waals surface area contributed by atoms with Gasteiger partial charge in [-0.05, 0) is 44.3 Å². The summed E-state index contributed by atoms with van der Waals surface area (Å²) in [6.07, 6.45) is 4.47. The van der Waals surface area contributed by atoms with E-state index in [2.05, 4.69) is 17.1 Å². The Morgan fingerprint density at radius 1 is 1.44 bits per heavy atom. The van der Waals surface area contributed by atoms with Crippen LogP contribution in [-0.4, -0.2) is 36.5 Å². The molecule has 0 spiro atoms. The zero-order valence-electron chi connectivity index (χ0n) is 11.0. The van der Waals surface area contributed by atoms with Gasteiger partial charge < -0.3 is 5.32 Å². The van der Waals surface area contributed by atoms with Gasteiger partial charge in [0.15, 0.2) is 0 Å². The van der Waals surface area contributed by atoms with Gasteiger partial charge in [0.25, 0.3) is 0 Å². The minimum atomic E-state index is 0.140. The second-order valence-corrected chi connectivity index (χ2v) is 6.04. The highest BCUT2D eigenvalue weighted by molar-refractivity contribution is 7.10. The standard InChI is InChI=1S/C14H22N2OS/c1-12(16-7-3-2-4-8-16)11-15-14(17)10-13-6-5-9-18-13/h5-6,9,12H,2-4,7-8,10-11H2,1H3,(H,15,17). The van der Waals surface area contributed by atoms with Gasteiger partial charge >= 0.3 is 0 Å². The number of amides is 1. The molecular weight excluding hydrogens is 244 g/mol. The summed E-state index contributed by atoms with van der Waals surface area (Å²) in [4.78, 5) is 15.4. The number of nitrogens with one attached hydrogen (secondary N) is 1. The molecule has 0 aromatic carbocycles. The van der Waals surface area contributed by atoms with Crippen LogP contribution >= 0.6 is 11.3 Å². The van der Waals surface area contributed by atoms with Crippen LogP contribution in [0.15, 0.2) is 17.5 Å². The Morgan fingerprint density at radius 3 is 2.89 bits per heavy atom. The number of hydrogen-bond acceptors (Lipinski definition) is 3. The van der Waals surface area contributed by atoms with E-state index in [0.29, 0.717) is 12.5 Å². The number of likely N-dealkylation sites (tertiary alicyclic amines) is 1. The van der Waals surface area contributed by atoms with Crippen molar-refractivity contribution in [3.63, 3.8) is 0 Å². The molecule has 1 saturated heterocycles. The van der Waals surface area contributed by atoms with Crippen LogP contribution in [0.1, 0.15) is 31.1 Å². The average molecular weight is 266 g/mol. The molecule has 1 aliphatic heterocycles. The molecule has 1 N–H and O–H groups in total. The normalized spacial score (nSPS) is 18.5. The third-order valence-electron chi connectivity index (χ3n) is 3.52. The highest BCUT2D eigenvalue weighted by atomic mass is 32.1. The topological polar surface area (TPSA) is 32.3 Å². The average Bonchev–Trinajstić information content (AvgIpc) is 2.90. The molecular formula is C14H22N2OS. The summed E-state index contributed by atoms with van der Waals surface area (Å²) in [6.45, 7) is 5.34. The molecule has 1 aromatic heterocycles. The lowest BCUT2D eigenvalue weighted by Crippen LogP contribution is -2.44. The van der Waals surface area contributed by atoms with Gasteiger partial charge in [-0.25, -0.2) is 0 Å². The van der Waals surface area contributed by atoms with E-state index in [1.54, 1.807) is 11.3 Å². The van der Waals surface area contributed by atoms with Gasteiger partial charge in [0.2, 0.25) is 5.91 Å². The fourth-order valence-corrected chi connectivity index (χ4v) is 3.09. The van der Waals surface area contributed by atoms with Crippen molar-refractivity contribution in [2.45, 2.75) is 38.6 Å². The lowest BCUT2D eigenvalue weighted by Gasteiger charge is -2.32. The number of nitrogens with zero attached hydrogens (tertiary/aromatic N) is 1. The Hall–Kier alpha value is -0.870. The molecule has 1 aliphatic rings. The molecule has 18 heavy (non-hydrogen) atoms. The third-order valence-corrected chi connectivity index (χ3v) is 4.40. The molecule has 0 radical (unpaired) electrons. The molecule has 3 nitrogen and oxygen atoms in total. The zero-order valence-corrected chi connectivity index (χ0v) is 11.8. The molecule has 1 atom stereocenters. The van der Waals surface area contributed by atoms with E-state index in [1.165, 1.54) is 32.4 Å². The third kappa shape index (κ3) is 4.10. The number of carbonyl (C=O) groups excluding carboxylic acids is 1. The highest BCUT2D eigenvalue weighted by Crippen LogP contribution is 2.12. The van der Waals surface area contributed by atoms with Crippen molar-refractivity contribution in [1.29, 1.82) is 0 Å². The van der Waals surface area contributed by atoms with E-state index in [1.807, 2.05) is 17.5 Å². The van der Waals surface area contributed by atoms with Crippen molar-refractivity contribution in [2.24, 2.45) is 0 Å². The predicted octanol–water partition coefficient (Wildman–Crippen LogP) is 2.28. The first-order valence-electron chi connectivity index (χ1n) is 6.79. The maximum Gasteiger partial charge on any atom is 0.225 e. The molecule has 2 heterocycles. The van der Waals surface area contributed by atoms with E-state index < -0.39 is 0 Å². The van der Waals surface area contributed by atoms with Crippen molar-refractivity contribution in [3.05, 3.63) is 22.4 Å². The second-order valence-electron chi connectivity index (χ2n) is 5.01. The number of thiophene rings is 1. The summed E-state index contributed by atoms with van der Waals surface area (Å²) in [6, 6.07) is 4.46. The van der Waals surface area contributed by atoms with Crippen molar-refractivity contribution in [2.75, 3.05) is 19.6 Å². The van der Waals surface area contributed by atoms with Crippen LogP contribution in [0.3, 0.4) is 0 Å². The highest BCUT2D eigenvalue weighted by Gasteiger charge is 2.17. The lowest BCUT2D eigenvalue weighted by molar-refractivity contribution is -0.120. The Kier molecular flexibility index (Phi) is 5.20. The molecule has 1 aromatic rings. The molecule has 0 aliphatic carbocycles. The Bertz CT molecular complexity index is 358. The van der Waals surface area contributed by atoms with Gasteiger partial charge in [0, 0.05) is 17.5 Å². The van der Waals surface area contributed by atoms with Crippen LogP contribution in [0.2, 0.25) is 0 Å². The van der Waals surface area contributed by atoms with E-state index in [-0.39, 0.29) is 5.91 Å². The van der Waals surface area contributed by atoms with E-state index >= 15 is 0 Å². The van der Waals surface area contributed by atoms with Crippen LogP contribution in [-0.2, 0) is 11.2 Å². The van der Waals surface area contributed by atoms with Crippen molar-refractivity contribution < 1.29 is 4.79 Å². The summed E-state index contributed by atoms with van der Waals surface area (Å²) in [7, 11) is 0. The number of rotatable bonds is 5. The summed E-state index contributed by atoms with van der Waals surface area (Å²) in [5, 5.41) is 5.06. The van der Waals surface area contributed by atoms with E-state index in [4.69, 9.17) is 0 Å². The Morgan fingerprint density at radius 2 is 2.22 bits per heavy atom. The minimum absolute atomic E-state index is 0.140. The lowest BCUT2D eigenvalue weighted by atomic mass is 10.1. The van der Waals surface area contributed by atoms with E-state index in [9.17, 15) is 4.79 Å². The van der Waals surface area contributed by atoms with Gasteiger partial charge in [0.05, 0.1) is 6.42 Å². The number of hydrogen-bond donors (Lipinski definition) is 1. The zero-order chi connectivity index (χ0) is 12.8. The van der Waals surface area contributed by atoms with Crippen LogP contribution in [0.4, 0.5) is 0 Å². The van der Waals surface area contributed by atoms with Crippen LogP contribution in [0.25, 0.3) is 0 Å². The van der Waals surface area contributed by atoms with Crippen molar-refractivity contribution >= 4 is 17.2 Å². The van der Waals surface area contributed by atoms with Gasteiger partial charge in [-0.15, -0.1) is 11.3 Å². The van der Waals surface area contributed by atoms with Gasteiger partial charge in [0.1, 0.15) is 0 Å². The number of piperidine rings is 1. The van der Waals surface area contributed by atoms with Gasteiger partial charge in [-0.2, -0.15) is 0 Å². The maximum atomic E-state index is 11.8. The summed E-state index contributed by atoms with van der Waals surface area (Å²) >= 11 is 1.64. The first kappa shape index (κ1) is 13.6. The first-order valence-corrected chi connectivity index (χ1v) is 7.67. The molecule has 4 heteroatoms. The molecule has 1 unspecified atom stereocenters. The van der Waals surface area contributed by atoms with Crippen molar-refractivity contribution in [3.8, 4) is 0 Å². The van der Waals surface area contributed by atoms with E-state index in [0.717, 1.165) is 11.4 Å². The largest absolute Gasteiger partial charge is 0.354 e. The summed E-state index contributed by atoms with van der Waals surface area (Å²) < 4.78 is 0. The van der Waals surface area contributed by atoms with Crippen LogP contribution < -0.4 is 5.32 Å². The fraction of sp³-hybridized carbons (Fsp3) is 0.643. The SMILES string of the molecule is CC(CNC(=O)Cc1cccs1)N1CCCCC1. The van der Waals surface area contributed by atoms with Crippen LogP contribution in [0.5, 0.6) is 0 Å². The molecule has 0 bridgehead atoms. The molecule has 1 fully saturated rings. The Balaban J connectivity index is 1.68. The summed E-state index contributed by atoms with van der Waals surface area (Å²) in [5.41, 5.74) is 0. The predicted molar refractivity (Wildman–Crippen MR) is 75.9 cm³/mol. The molecule has 2 rings (SSSR count). The quantitative estimate of drug-likeness (QED) is 0.887. The second kappa shape index (κ2) is 6.90. The van der Waals surface area contributed by atoms with Crippen LogP contribution in [0, 0.1) is 0 Å². The Labute approximate surface area is 113 Å². The van der Waals surface area contributed by atoms with Crippen molar-refractivity contribution in [1.82, 2.24) is 10.2 Å². The maximum absolute atomic E-state index is 11.8. The molecule has 100 valence electrons. The number of carbonyl (C=O) groups is 1. The first-order chi connectivity index (χ1) is 8.75. The smallest absolute Gasteiger partial charge is 0.225 e. The monoisotopic (exact) mass is 266 g/mol. The van der Waals surface area contributed by atoms with Gasteiger partial charge in [-0.1, -0.05) is 12.5 Å². The molecule has 1 amide bonds. The minimum Gasteiger partial charge on any atom is -0.354 e.